The van der Waals surface area contributed by atoms with Crippen LogP contribution >= 0.6 is 11.6 Å². The lowest BCUT2D eigenvalue weighted by molar-refractivity contribution is -0.0505. The molecule has 0 aromatic heterocycles. The number of carbonyl (C=O) groups excluding carboxylic acids is 1. The van der Waals surface area contributed by atoms with Gasteiger partial charge in [0.15, 0.2) is 0 Å². The Morgan fingerprint density at radius 3 is 2.31 bits per heavy atom. The molecule has 0 saturated carbocycles. The molecule has 0 atom stereocenters. The van der Waals surface area contributed by atoms with Crippen LogP contribution in [0.15, 0.2) is 24.3 Å². The van der Waals surface area contributed by atoms with Crippen molar-refractivity contribution >= 4 is 23.3 Å². The minimum atomic E-state index is -0.419. The molecule has 0 aliphatic rings. The second-order valence-corrected chi connectivity index (χ2v) is 4.71. The molecular weight excluding hydrogens is 228 g/mol. The van der Waals surface area contributed by atoms with Crippen LogP contribution in [0.4, 0.5) is 10.5 Å². The monoisotopic (exact) mass is 242 g/mol. The summed E-state index contributed by atoms with van der Waals surface area (Å²) in [6.07, 6.45) is 0. The number of amides is 2. The Labute approximate surface area is 99.9 Å². The van der Waals surface area contributed by atoms with Crippen molar-refractivity contribution in [2.75, 3.05) is 5.32 Å². The fourth-order valence-corrected chi connectivity index (χ4v) is 1.02. The van der Waals surface area contributed by atoms with Gasteiger partial charge in [0.25, 0.3) is 0 Å². The molecule has 0 heterocycles. The first-order valence-corrected chi connectivity index (χ1v) is 5.25. The van der Waals surface area contributed by atoms with Crippen molar-refractivity contribution in [1.29, 1.82) is 0 Å². The number of hydrogen-bond acceptors (Lipinski definition) is 2. The van der Waals surface area contributed by atoms with E-state index in [0.29, 0.717) is 10.7 Å². The van der Waals surface area contributed by atoms with Gasteiger partial charge in [0.05, 0.1) is 5.60 Å². The maximum atomic E-state index is 11.4. The SMILES string of the molecule is CC(C)(C)ONC(=O)Nc1ccc(Cl)cc1. The van der Waals surface area contributed by atoms with Crippen LogP contribution in [0.2, 0.25) is 5.02 Å². The molecule has 1 aromatic rings. The molecule has 88 valence electrons. The van der Waals surface area contributed by atoms with Crippen LogP contribution in [0.5, 0.6) is 0 Å². The van der Waals surface area contributed by atoms with Crippen molar-refractivity contribution in [2.24, 2.45) is 0 Å². The van der Waals surface area contributed by atoms with Crippen LogP contribution in [0.3, 0.4) is 0 Å². The lowest BCUT2D eigenvalue weighted by Gasteiger charge is -2.19. The van der Waals surface area contributed by atoms with Crippen LogP contribution in [0.1, 0.15) is 20.8 Å². The van der Waals surface area contributed by atoms with Gasteiger partial charge in [-0.2, -0.15) is 0 Å². The van der Waals surface area contributed by atoms with Crippen LogP contribution in [-0.2, 0) is 4.84 Å². The van der Waals surface area contributed by atoms with Crippen LogP contribution in [-0.4, -0.2) is 11.6 Å². The third-order valence-electron chi connectivity index (χ3n) is 1.55. The molecule has 0 aliphatic heterocycles. The van der Waals surface area contributed by atoms with Gasteiger partial charge in [-0.25, -0.2) is 10.3 Å². The van der Waals surface area contributed by atoms with E-state index in [1.807, 2.05) is 20.8 Å². The fraction of sp³-hybridized carbons (Fsp3) is 0.364. The van der Waals surface area contributed by atoms with Gasteiger partial charge in [-0.05, 0) is 45.0 Å². The van der Waals surface area contributed by atoms with Gasteiger partial charge in [-0.1, -0.05) is 11.6 Å². The second kappa shape index (κ2) is 5.18. The number of carbonyl (C=O) groups is 1. The number of anilines is 1. The summed E-state index contributed by atoms with van der Waals surface area (Å²) < 4.78 is 0. The topological polar surface area (TPSA) is 50.4 Å². The molecule has 16 heavy (non-hydrogen) atoms. The van der Waals surface area contributed by atoms with Crippen molar-refractivity contribution in [2.45, 2.75) is 26.4 Å². The third kappa shape index (κ3) is 5.00. The summed E-state index contributed by atoms with van der Waals surface area (Å²) in [5.74, 6) is 0. The van der Waals surface area contributed by atoms with Crippen molar-refractivity contribution in [3.05, 3.63) is 29.3 Å². The third-order valence-corrected chi connectivity index (χ3v) is 1.80. The number of hydroxylamine groups is 1. The standard InChI is InChI=1S/C11H15ClN2O2/c1-11(2,3)16-14-10(15)13-9-6-4-8(12)5-7-9/h4-7H,1-3H3,(H2,13,14,15). The summed E-state index contributed by atoms with van der Waals surface area (Å²) in [4.78, 5) is 16.5. The minimum Gasteiger partial charge on any atom is -0.306 e. The number of urea groups is 1. The molecule has 1 rings (SSSR count). The molecule has 0 radical (unpaired) electrons. The molecule has 0 bridgehead atoms. The zero-order chi connectivity index (χ0) is 12.2. The van der Waals surface area contributed by atoms with E-state index in [9.17, 15) is 4.79 Å². The van der Waals surface area contributed by atoms with Crippen LogP contribution in [0, 0.1) is 0 Å². The second-order valence-electron chi connectivity index (χ2n) is 4.28. The van der Waals surface area contributed by atoms with Gasteiger partial charge in [-0.15, -0.1) is 0 Å². The Hall–Kier alpha value is -1.26. The molecule has 0 unspecified atom stereocenters. The molecule has 2 amide bonds. The average molecular weight is 243 g/mol. The lowest BCUT2D eigenvalue weighted by atomic mass is 10.2. The average Bonchev–Trinajstić information content (AvgIpc) is 2.18. The van der Waals surface area contributed by atoms with E-state index in [4.69, 9.17) is 16.4 Å². The Bertz CT molecular complexity index is 357. The van der Waals surface area contributed by atoms with Crippen molar-refractivity contribution in [3.8, 4) is 0 Å². The number of rotatable bonds is 2. The molecule has 0 spiro atoms. The number of benzene rings is 1. The smallest absolute Gasteiger partial charge is 0.306 e. The van der Waals surface area contributed by atoms with E-state index in [1.165, 1.54) is 0 Å². The van der Waals surface area contributed by atoms with E-state index in [2.05, 4.69) is 10.8 Å². The summed E-state index contributed by atoms with van der Waals surface area (Å²) in [5.41, 5.74) is 2.54. The molecule has 5 heteroatoms. The van der Waals surface area contributed by atoms with E-state index in [-0.39, 0.29) is 0 Å². The lowest BCUT2D eigenvalue weighted by Crippen LogP contribution is -2.36. The summed E-state index contributed by atoms with van der Waals surface area (Å²) in [5, 5.41) is 3.23. The summed E-state index contributed by atoms with van der Waals surface area (Å²) in [6.45, 7) is 5.53. The number of nitrogens with one attached hydrogen (secondary N) is 2. The summed E-state index contributed by atoms with van der Waals surface area (Å²) >= 11 is 5.72. The van der Waals surface area contributed by atoms with E-state index in [1.54, 1.807) is 24.3 Å². The van der Waals surface area contributed by atoms with Gasteiger partial charge in [0.2, 0.25) is 0 Å². The fourth-order valence-electron chi connectivity index (χ4n) is 0.889. The normalized spacial score (nSPS) is 11.0. The zero-order valence-electron chi connectivity index (χ0n) is 9.50. The molecule has 2 N–H and O–H groups in total. The van der Waals surface area contributed by atoms with Gasteiger partial charge in [0.1, 0.15) is 0 Å². The van der Waals surface area contributed by atoms with Crippen molar-refractivity contribution in [1.82, 2.24) is 5.48 Å². The zero-order valence-corrected chi connectivity index (χ0v) is 10.3. The Morgan fingerprint density at radius 2 is 1.81 bits per heavy atom. The Morgan fingerprint density at radius 1 is 1.25 bits per heavy atom. The largest absolute Gasteiger partial charge is 0.343 e. The van der Waals surface area contributed by atoms with E-state index < -0.39 is 11.6 Å². The molecule has 0 aliphatic carbocycles. The highest BCUT2D eigenvalue weighted by atomic mass is 35.5. The highest BCUT2D eigenvalue weighted by Gasteiger charge is 2.12. The van der Waals surface area contributed by atoms with Gasteiger partial charge in [-0.3, -0.25) is 4.84 Å². The number of hydrogen-bond donors (Lipinski definition) is 2. The quantitative estimate of drug-likeness (QED) is 0.783. The van der Waals surface area contributed by atoms with E-state index >= 15 is 0 Å². The Balaban J connectivity index is 2.43. The maximum absolute atomic E-state index is 11.4. The van der Waals surface area contributed by atoms with Crippen molar-refractivity contribution < 1.29 is 9.63 Å². The van der Waals surface area contributed by atoms with Gasteiger partial charge < -0.3 is 5.32 Å². The van der Waals surface area contributed by atoms with Gasteiger partial charge in [0, 0.05) is 10.7 Å². The minimum absolute atomic E-state index is 0.419. The molecule has 0 fully saturated rings. The molecule has 1 aromatic carbocycles. The van der Waals surface area contributed by atoms with Crippen LogP contribution in [0.25, 0.3) is 0 Å². The van der Waals surface area contributed by atoms with Crippen molar-refractivity contribution in [3.63, 3.8) is 0 Å². The highest BCUT2D eigenvalue weighted by molar-refractivity contribution is 6.30. The predicted octanol–water partition coefficient (Wildman–Crippen LogP) is 3.19. The maximum Gasteiger partial charge on any atom is 0.343 e. The summed E-state index contributed by atoms with van der Waals surface area (Å²) in [7, 11) is 0. The number of halogens is 1. The highest BCUT2D eigenvalue weighted by Crippen LogP contribution is 2.13. The van der Waals surface area contributed by atoms with Gasteiger partial charge >= 0.3 is 6.03 Å². The molecule has 4 nitrogen and oxygen atoms in total. The van der Waals surface area contributed by atoms with Crippen LogP contribution < -0.4 is 10.8 Å². The molecular formula is C11H15ClN2O2. The molecule has 0 saturated heterocycles. The predicted molar refractivity (Wildman–Crippen MR) is 64.4 cm³/mol. The van der Waals surface area contributed by atoms with E-state index in [0.717, 1.165) is 0 Å². The Kier molecular flexibility index (Phi) is 4.15. The first-order valence-electron chi connectivity index (χ1n) is 4.87. The summed E-state index contributed by atoms with van der Waals surface area (Å²) in [6, 6.07) is 6.39. The first-order chi connectivity index (χ1) is 7.37. The first kappa shape index (κ1) is 12.8.